The Balaban J connectivity index is 1.84. The molecule has 0 bridgehead atoms. The van der Waals surface area contributed by atoms with Crippen LogP contribution in [-0.2, 0) is 11.3 Å². The van der Waals surface area contributed by atoms with Crippen molar-refractivity contribution in [3.8, 4) is 5.75 Å². The molecular formula is C22H23N3O3. The van der Waals surface area contributed by atoms with Crippen molar-refractivity contribution in [1.82, 2.24) is 14.9 Å². The molecule has 2 aromatic carbocycles. The van der Waals surface area contributed by atoms with Crippen LogP contribution in [0.1, 0.15) is 25.2 Å². The van der Waals surface area contributed by atoms with Gasteiger partial charge < -0.3 is 14.6 Å². The number of fused-ring (bicyclic) bond motifs is 1. The molecule has 1 heterocycles. The number of nitrogens with zero attached hydrogens (tertiary/aromatic N) is 2. The van der Waals surface area contributed by atoms with Gasteiger partial charge in [0.2, 0.25) is 5.91 Å². The van der Waals surface area contributed by atoms with Crippen LogP contribution in [0, 0.1) is 0 Å². The summed E-state index contributed by atoms with van der Waals surface area (Å²) < 4.78 is 5.31. The predicted molar refractivity (Wildman–Crippen MR) is 110 cm³/mol. The molecule has 1 aromatic heterocycles. The van der Waals surface area contributed by atoms with Gasteiger partial charge in [-0.05, 0) is 38.1 Å². The Labute approximate surface area is 163 Å². The standard InChI is InChI=1S/C22H23N3O3/c1-15(2)25(21(26)13-12-16-8-4-7-11-19(16)28-3)14-20-23-18-10-6-5-9-17(18)22(27)24-20/h4-13,15H,14H2,1-3H3,(H,23,24,27)/b13-12+. The third kappa shape index (κ3) is 4.28. The molecule has 6 heteroatoms. The van der Waals surface area contributed by atoms with E-state index in [9.17, 15) is 9.59 Å². The quantitative estimate of drug-likeness (QED) is 0.668. The van der Waals surface area contributed by atoms with Crippen molar-refractivity contribution < 1.29 is 9.53 Å². The van der Waals surface area contributed by atoms with Crippen LogP contribution in [0.3, 0.4) is 0 Å². The van der Waals surface area contributed by atoms with Gasteiger partial charge in [0, 0.05) is 17.7 Å². The Hall–Kier alpha value is -3.41. The first-order valence-electron chi connectivity index (χ1n) is 9.09. The number of hydrogen-bond donors (Lipinski definition) is 1. The normalized spacial score (nSPS) is 11.3. The highest BCUT2D eigenvalue weighted by Gasteiger charge is 2.17. The minimum Gasteiger partial charge on any atom is -0.496 e. The maximum absolute atomic E-state index is 12.8. The zero-order valence-electron chi connectivity index (χ0n) is 16.2. The Kier molecular flexibility index (Phi) is 5.89. The molecule has 0 aliphatic heterocycles. The molecule has 0 unspecified atom stereocenters. The summed E-state index contributed by atoms with van der Waals surface area (Å²) in [6, 6.07) is 14.6. The van der Waals surface area contributed by atoms with Gasteiger partial charge in [-0.2, -0.15) is 0 Å². The van der Waals surface area contributed by atoms with Gasteiger partial charge in [-0.15, -0.1) is 0 Å². The van der Waals surface area contributed by atoms with Gasteiger partial charge in [-0.1, -0.05) is 30.3 Å². The van der Waals surface area contributed by atoms with Crippen LogP contribution in [-0.4, -0.2) is 33.9 Å². The summed E-state index contributed by atoms with van der Waals surface area (Å²) >= 11 is 0. The lowest BCUT2D eigenvalue weighted by Gasteiger charge is -2.25. The van der Waals surface area contributed by atoms with E-state index in [1.807, 2.05) is 44.2 Å². The van der Waals surface area contributed by atoms with Gasteiger partial charge in [0.15, 0.2) is 0 Å². The van der Waals surface area contributed by atoms with Crippen molar-refractivity contribution in [1.29, 1.82) is 0 Å². The number of H-pyrrole nitrogens is 1. The molecule has 0 spiro atoms. The highest BCUT2D eigenvalue weighted by atomic mass is 16.5. The van der Waals surface area contributed by atoms with Crippen molar-refractivity contribution in [2.75, 3.05) is 7.11 Å². The highest BCUT2D eigenvalue weighted by Crippen LogP contribution is 2.19. The van der Waals surface area contributed by atoms with Crippen molar-refractivity contribution >= 4 is 22.9 Å². The van der Waals surface area contributed by atoms with Crippen molar-refractivity contribution in [3.63, 3.8) is 0 Å². The molecular weight excluding hydrogens is 354 g/mol. The molecule has 0 saturated carbocycles. The van der Waals surface area contributed by atoms with E-state index in [2.05, 4.69) is 9.97 Å². The lowest BCUT2D eigenvalue weighted by Crippen LogP contribution is -2.36. The molecule has 144 valence electrons. The van der Waals surface area contributed by atoms with E-state index in [1.54, 1.807) is 36.3 Å². The molecule has 1 N–H and O–H groups in total. The summed E-state index contributed by atoms with van der Waals surface area (Å²) in [5, 5.41) is 0.532. The fraction of sp³-hybridized carbons (Fsp3) is 0.227. The van der Waals surface area contributed by atoms with E-state index in [4.69, 9.17) is 4.74 Å². The number of rotatable bonds is 6. The summed E-state index contributed by atoms with van der Waals surface area (Å²) in [5.41, 5.74) is 1.22. The Bertz CT molecular complexity index is 1070. The summed E-state index contributed by atoms with van der Waals surface area (Å²) in [7, 11) is 1.59. The molecule has 6 nitrogen and oxygen atoms in total. The number of aromatic nitrogens is 2. The zero-order valence-corrected chi connectivity index (χ0v) is 16.2. The van der Waals surface area contributed by atoms with Gasteiger partial charge in [-0.25, -0.2) is 4.98 Å². The van der Waals surface area contributed by atoms with Crippen LogP contribution in [0.15, 0.2) is 59.4 Å². The number of methoxy groups -OCH3 is 1. The maximum Gasteiger partial charge on any atom is 0.258 e. The van der Waals surface area contributed by atoms with Crippen LogP contribution >= 0.6 is 0 Å². The molecule has 0 saturated heterocycles. The smallest absolute Gasteiger partial charge is 0.258 e. The third-order valence-electron chi connectivity index (χ3n) is 4.43. The summed E-state index contributed by atoms with van der Waals surface area (Å²) in [5.74, 6) is 0.983. The summed E-state index contributed by atoms with van der Waals surface area (Å²) in [6.45, 7) is 4.06. The van der Waals surface area contributed by atoms with Gasteiger partial charge in [0.1, 0.15) is 11.6 Å². The molecule has 3 rings (SSSR count). The SMILES string of the molecule is COc1ccccc1/C=C/C(=O)N(Cc1nc2ccccc2c(=O)[nH]1)C(C)C. The first-order valence-corrected chi connectivity index (χ1v) is 9.09. The van der Waals surface area contributed by atoms with Gasteiger partial charge >= 0.3 is 0 Å². The zero-order chi connectivity index (χ0) is 20.1. The molecule has 0 aliphatic rings. The minimum absolute atomic E-state index is 0.0633. The van der Waals surface area contributed by atoms with Crippen molar-refractivity contribution in [3.05, 3.63) is 76.3 Å². The summed E-state index contributed by atoms with van der Waals surface area (Å²) in [4.78, 5) is 34.0. The molecule has 0 radical (unpaired) electrons. The number of carbonyl (C=O) groups excluding carboxylic acids is 1. The van der Waals surface area contributed by atoms with Gasteiger partial charge in [0.05, 0.1) is 24.6 Å². The van der Waals surface area contributed by atoms with Crippen LogP contribution in [0.5, 0.6) is 5.75 Å². The number of nitrogens with one attached hydrogen (secondary N) is 1. The minimum atomic E-state index is -0.207. The highest BCUT2D eigenvalue weighted by molar-refractivity contribution is 5.92. The number of ether oxygens (including phenoxy) is 1. The second-order valence-corrected chi connectivity index (χ2v) is 6.66. The van der Waals surface area contributed by atoms with E-state index < -0.39 is 0 Å². The van der Waals surface area contributed by atoms with Crippen LogP contribution in [0.2, 0.25) is 0 Å². The number of amides is 1. The van der Waals surface area contributed by atoms with E-state index >= 15 is 0 Å². The lowest BCUT2D eigenvalue weighted by atomic mass is 10.2. The summed E-state index contributed by atoms with van der Waals surface area (Å²) in [6.07, 6.45) is 3.24. The average Bonchev–Trinajstić information content (AvgIpc) is 2.70. The number of para-hydroxylation sites is 2. The van der Waals surface area contributed by atoms with Crippen molar-refractivity contribution in [2.24, 2.45) is 0 Å². The number of benzene rings is 2. The second-order valence-electron chi connectivity index (χ2n) is 6.66. The number of carbonyl (C=O) groups is 1. The largest absolute Gasteiger partial charge is 0.496 e. The molecule has 0 fully saturated rings. The number of aromatic amines is 1. The second kappa shape index (κ2) is 8.52. The van der Waals surface area contributed by atoms with Gasteiger partial charge in [0.25, 0.3) is 5.56 Å². The lowest BCUT2D eigenvalue weighted by molar-refractivity contribution is -0.128. The Morgan fingerprint density at radius 3 is 2.64 bits per heavy atom. The van der Waals surface area contributed by atoms with E-state index in [-0.39, 0.29) is 24.1 Å². The fourth-order valence-corrected chi connectivity index (χ4v) is 2.95. The van der Waals surface area contributed by atoms with Crippen LogP contribution in [0.4, 0.5) is 0 Å². The fourth-order valence-electron chi connectivity index (χ4n) is 2.95. The van der Waals surface area contributed by atoms with Crippen molar-refractivity contribution in [2.45, 2.75) is 26.4 Å². The van der Waals surface area contributed by atoms with E-state index in [0.717, 1.165) is 5.56 Å². The van der Waals surface area contributed by atoms with E-state index in [1.165, 1.54) is 6.08 Å². The molecule has 0 aliphatic carbocycles. The monoisotopic (exact) mass is 377 g/mol. The first kappa shape index (κ1) is 19.4. The predicted octanol–water partition coefficient (Wildman–Crippen LogP) is 3.38. The van der Waals surface area contributed by atoms with E-state index in [0.29, 0.717) is 22.5 Å². The molecule has 1 amide bonds. The Morgan fingerprint density at radius 1 is 1.18 bits per heavy atom. The first-order chi connectivity index (χ1) is 13.5. The third-order valence-corrected chi connectivity index (χ3v) is 4.43. The average molecular weight is 377 g/mol. The maximum atomic E-state index is 12.8. The molecule has 28 heavy (non-hydrogen) atoms. The van der Waals surface area contributed by atoms with Gasteiger partial charge in [-0.3, -0.25) is 9.59 Å². The van der Waals surface area contributed by atoms with Crippen LogP contribution in [0.25, 0.3) is 17.0 Å². The topological polar surface area (TPSA) is 75.3 Å². The number of hydrogen-bond acceptors (Lipinski definition) is 4. The molecule has 3 aromatic rings. The van der Waals surface area contributed by atoms with Crippen LogP contribution < -0.4 is 10.3 Å². The molecule has 0 atom stereocenters. The Morgan fingerprint density at radius 2 is 1.89 bits per heavy atom.